The van der Waals surface area contributed by atoms with Gasteiger partial charge in [-0.15, -0.1) is 0 Å². The van der Waals surface area contributed by atoms with Crippen LogP contribution in [0.4, 0.5) is 15.9 Å². The van der Waals surface area contributed by atoms with Crippen LogP contribution in [0.3, 0.4) is 0 Å². The number of nitrogens with one attached hydrogen (secondary N) is 2. The number of amides is 2. The molecule has 0 saturated carbocycles. The van der Waals surface area contributed by atoms with Gasteiger partial charge >= 0.3 is 0 Å². The zero-order chi connectivity index (χ0) is 27.6. The van der Waals surface area contributed by atoms with Gasteiger partial charge in [-0.3, -0.25) is 14.4 Å². The summed E-state index contributed by atoms with van der Waals surface area (Å²) in [6.07, 6.45) is 0. The SMILES string of the molecule is CNC(=O)c1cc(Cl)c(F)cc1NC(=O)C1(c2ccccc2C(C)C)CN(c2ccc(=O)n(CCO)n2)C1. The summed E-state index contributed by atoms with van der Waals surface area (Å²) in [7, 11) is 1.43. The van der Waals surface area contributed by atoms with Gasteiger partial charge in [-0.05, 0) is 35.2 Å². The van der Waals surface area contributed by atoms with Crippen LogP contribution in [0.2, 0.25) is 5.02 Å². The number of aliphatic hydroxyl groups excluding tert-OH is 1. The number of rotatable bonds is 8. The van der Waals surface area contributed by atoms with Crippen molar-refractivity contribution in [3.8, 4) is 0 Å². The van der Waals surface area contributed by atoms with E-state index < -0.39 is 23.0 Å². The Morgan fingerprint density at radius 1 is 1.18 bits per heavy atom. The van der Waals surface area contributed by atoms with E-state index in [2.05, 4.69) is 15.7 Å². The van der Waals surface area contributed by atoms with E-state index >= 15 is 0 Å². The first-order valence-corrected chi connectivity index (χ1v) is 12.5. The molecule has 1 fully saturated rings. The van der Waals surface area contributed by atoms with E-state index in [1.54, 1.807) is 6.07 Å². The predicted octanol–water partition coefficient (Wildman–Crippen LogP) is 2.91. The molecule has 2 aromatic carbocycles. The molecule has 3 aromatic rings. The topological polar surface area (TPSA) is 117 Å². The Morgan fingerprint density at radius 2 is 1.89 bits per heavy atom. The first-order chi connectivity index (χ1) is 18.1. The minimum atomic E-state index is -1.06. The van der Waals surface area contributed by atoms with E-state index in [4.69, 9.17) is 11.6 Å². The molecule has 3 N–H and O–H groups in total. The van der Waals surface area contributed by atoms with Crippen LogP contribution in [0.1, 0.15) is 41.3 Å². The summed E-state index contributed by atoms with van der Waals surface area (Å²) in [4.78, 5) is 40.4. The summed E-state index contributed by atoms with van der Waals surface area (Å²) >= 11 is 5.92. The summed E-state index contributed by atoms with van der Waals surface area (Å²) in [5, 5.41) is 18.6. The van der Waals surface area contributed by atoms with Crippen molar-refractivity contribution in [2.24, 2.45) is 0 Å². The fourth-order valence-corrected chi connectivity index (χ4v) is 4.88. The molecule has 1 aliphatic rings. The van der Waals surface area contributed by atoms with Gasteiger partial charge in [0.2, 0.25) is 5.91 Å². The highest BCUT2D eigenvalue weighted by atomic mass is 35.5. The fourth-order valence-electron chi connectivity index (χ4n) is 4.72. The van der Waals surface area contributed by atoms with Crippen molar-refractivity contribution in [2.75, 3.05) is 37.0 Å². The summed E-state index contributed by atoms with van der Waals surface area (Å²) < 4.78 is 15.6. The minimum absolute atomic E-state index is 0.00530. The van der Waals surface area contributed by atoms with Crippen molar-refractivity contribution >= 4 is 34.9 Å². The second kappa shape index (κ2) is 10.9. The maximum Gasteiger partial charge on any atom is 0.266 e. The quantitative estimate of drug-likeness (QED) is 0.404. The maximum atomic E-state index is 14.4. The van der Waals surface area contributed by atoms with Crippen LogP contribution in [0.25, 0.3) is 0 Å². The highest BCUT2D eigenvalue weighted by Gasteiger charge is 2.52. The van der Waals surface area contributed by atoms with Gasteiger partial charge in [-0.2, -0.15) is 5.10 Å². The fraction of sp³-hybridized carbons (Fsp3) is 0.333. The standard InChI is InChI=1S/C27H29ClFN5O4/c1-16(2)17-6-4-5-7-19(17)27(14-33(15-27)23-8-9-24(36)34(32-23)10-11-35)26(38)31-22-13-21(29)20(28)12-18(22)25(37)30-3/h4-9,12-13,16,35H,10-11,14-15H2,1-3H3,(H,30,37)(H,31,38). The molecule has 1 saturated heterocycles. The lowest BCUT2D eigenvalue weighted by Gasteiger charge is -2.50. The summed E-state index contributed by atoms with van der Waals surface area (Å²) in [5.41, 5.74) is 0.428. The molecule has 200 valence electrons. The number of nitrogens with zero attached hydrogens (tertiary/aromatic N) is 3. The van der Waals surface area contributed by atoms with E-state index in [9.17, 15) is 23.9 Å². The van der Waals surface area contributed by atoms with Gasteiger partial charge in [0, 0.05) is 26.2 Å². The van der Waals surface area contributed by atoms with Gasteiger partial charge in [-0.25, -0.2) is 9.07 Å². The molecule has 0 aliphatic carbocycles. The number of hydrogen-bond acceptors (Lipinski definition) is 6. The van der Waals surface area contributed by atoms with Gasteiger partial charge in [-0.1, -0.05) is 49.7 Å². The number of aliphatic hydroxyl groups is 1. The molecular weight excluding hydrogens is 513 g/mol. The Hall–Kier alpha value is -3.76. The molecular formula is C27H29ClFN5O4. The lowest BCUT2D eigenvalue weighted by Crippen LogP contribution is -2.66. The largest absolute Gasteiger partial charge is 0.394 e. The molecule has 11 heteroatoms. The van der Waals surface area contributed by atoms with Crippen LogP contribution in [-0.4, -0.2) is 53.4 Å². The second-order valence-electron chi connectivity index (χ2n) is 9.50. The Labute approximate surface area is 224 Å². The predicted molar refractivity (Wildman–Crippen MR) is 143 cm³/mol. The minimum Gasteiger partial charge on any atom is -0.394 e. The molecule has 0 bridgehead atoms. The Kier molecular flexibility index (Phi) is 7.84. The van der Waals surface area contributed by atoms with E-state index in [1.165, 1.54) is 23.9 Å². The summed E-state index contributed by atoms with van der Waals surface area (Å²) in [5.74, 6) is -1.12. The molecule has 2 amide bonds. The lowest BCUT2D eigenvalue weighted by molar-refractivity contribution is -0.122. The number of benzene rings is 2. The van der Waals surface area contributed by atoms with Gasteiger partial charge in [0.05, 0.1) is 29.4 Å². The first kappa shape index (κ1) is 27.3. The summed E-state index contributed by atoms with van der Waals surface area (Å²) in [6, 6.07) is 12.8. The van der Waals surface area contributed by atoms with E-state index in [0.29, 0.717) is 5.82 Å². The third-order valence-electron chi connectivity index (χ3n) is 6.72. The highest BCUT2D eigenvalue weighted by Crippen LogP contribution is 2.41. The number of carbonyl (C=O) groups is 2. The van der Waals surface area contributed by atoms with Crippen molar-refractivity contribution in [3.05, 3.63) is 86.4 Å². The van der Waals surface area contributed by atoms with Crippen LogP contribution in [0, 0.1) is 5.82 Å². The number of halogens is 2. The molecule has 38 heavy (non-hydrogen) atoms. The zero-order valence-electron chi connectivity index (χ0n) is 21.3. The van der Waals surface area contributed by atoms with Crippen LogP contribution in [-0.2, 0) is 16.8 Å². The van der Waals surface area contributed by atoms with E-state index in [-0.39, 0.29) is 54.0 Å². The molecule has 0 spiro atoms. The molecule has 1 aliphatic heterocycles. The van der Waals surface area contributed by atoms with Crippen molar-refractivity contribution in [1.29, 1.82) is 0 Å². The Balaban J connectivity index is 1.75. The third kappa shape index (κ3) is 5.01. The van der Waals surface area contributed by atoms with Crippen LogP contribution < -0.4 is 21.1 Å². The molecule has 2 heterocycles. The zero-order valence-corrected chi connectivity index (χ0v) is 22.1. The van der Waals surface area contributed by atoms with Crippen molar-refractivity contribution < 1.29 is 19.1 Å². The monoisotopic (exact) mass is 541 g/mol. The summed E-state index contributed by atoms with van der Waals surface area (Å²) in [6.45, 7) is 4.32. The smallest absolute Gasteiger partial charge is 0.266 e. The number of hydrogen-bond donors (Lipinski definition) is 3. The van der Waals surface area contributed by atoms with Crippen LogP contribution >= 0.6 is 11.6 Å². The molecule has 4 rings (SSSR count). The average molecular weight is 542 g/mol. The van der Waals surface area contributed by atoms with Gasteiger partial charge in [0.1, 0.15) is 17.1 Å². The van der Waals surface area contributed by atoms with Crippen LogP contribution in [0.15, 0.2) is 53.3 Å². The van der Waals surface area contributed by atoms with Gasteiger partial charge in [0.25, 0.3) is 11.5 Å². The first-order valence-electron chi connectivity index (χ1n) is 12.2. The molecule has 0 unspecified atom stereocenters. The van der Waals surface area contributed by atoms with Crippen molar-refractivity contribution in [2.45, 2.75) is 31.7 Å². The number of carbonyl (C=O) groups excluding carboxylic acids is 2. The lowest BCUT2D eigenvalue weighted by atomic mass is 9.69. The molecule has 9 nitrogen and oxygen atoms in total. The molecule has 1 aromatic heterocycles. The van der Waals surface area contributed by atoms with Crippen molar-refractivity contribution in [3.63, 3.8) is 0 Å². The normalized spacial score (nSPS) is 14.2. The Bertz CT molecular complexity index is 1440. The highest BCUT2D eigenvalue weighted by molar-refractivity contribution is 6.31. The van der Waals surface area contributed by atoms with E-state index in [1.807, 2.05) is 43.0 Å². The number of aromatic nitrogens is 2. The van der Waals surface area contributed by atoms with Crippen molar-refractivity contribution in [1.82, 2.24) is 15.1 Å². The average Bonchev–Trinajstić information content (AvgIpc) is 2.87. The Morgan fingerprint density at radius 3 is 2.55 bits per heavy atom. The maximum absolute atomic E-state index is 14.4. The van der Waals surface area contributed by atoms with E-state index in [0.717, 1.165) is 17.2 Å². The molecule has 0 atom stereocenters. The molecule has 0 radical (unpaired) electrons. The van der Waals surface area contributed by atoms with Crippen LogP contribution in [0.5, 0.6) is 0 Å². The van der Waals surface area contributed by atoms with Gasteiger partial charge < -0.3 is 20.6 Å². The third-order valence-corrected chi connectivity index (χ3v) is 7.01. The second-order valence-corrected chi connectivity index (χ2v) is 9.91. The number of anilines is 2. The van der Waals surface area contributed by atoms with Gasteiger partial charge in [0.15, 0.2) is 0 Å².